The Bertz CT molecular complexity index is 456. The summed E-state index contributed by atoms with van der Waals surface area (Å²) in [6, 6.07) is 1.33. The van der Waals surface area contributed by atoms with Crippen molar-refractivity contribution in [3.63, 3.8) is 0 Å². The van der Waals surface area contributed by atoms with Gasteiger partial charge in [-0.3, -0.25) is 4.90 Å². The molecule has 1 saturated heterocycles. The molecule has 112 valence electrons. The van der Waals surface area contributed by atoms with Gasteiger partial charge in [-0.2, -0.15) is 0 Å². The smallest absolute Gasteiger partial charge is 0.123 e. The number of aryl methyl sites for hydroxylation is 1. The second kappa shape index (κ2) is 6.10. The summed E-state index contributed by atoms with van der Waals surface area (Å²) in [7, 11) is 0. The van der Waals surface area contributed by atoms with Gasteiger partial charge in [0.15, 0.2) is 0 Å². The fraction of sp³-hybridized carbons (Fsp3) is 0.800. The maximum Gasteiger partial charge on any atom is 0.123 e. The standard InChI is InChI=1S/C15H25N3OS/c1-10(2)18-6-7-19-13(9-18)15-17-11(3)14(20-15)8-16-12-4-5-12/h10,12-13,16H,4-9H2,1-3H3. The summed E-state index contributed by atoms with van der Waals surface area (Å²) in [5.74, 6) is 0. The Balaban J connectivity index is 1.64. The summed E-state index contributed by atoms with van der Waals surface area (Å²) < 4.78 is 5.94. The zero-order chi connectivity index (χ0) is 14.1. The van der Waals surface area contributed by atoms with E-state index >= 15 is 0 Å². The van der Waals surface area contributed by atoms with Gasteiger partial charge in [0.05, 0.1) is 12.3 Å². The summed E-state index contributed by atoms with van der Waals surface area (Å²) in [4.78, 5) is 8.60. The van der Waals surface area contributed by atoms with Gasteiger partial charge in [0.2, 0.25) is 0 Å². The minimum atomic E-state index is 0.157. The Morgan fingerprint density at radius 3 is 2.95 bits per heavy atom. The molecule has 0 amide bonds. The molecule has 4 nitrogen and oxygen atoms in total. The molecule has 1 aromatic heterocycles. The fourth-order valence-electron chi connectivity index (χ4n) is 2.56. The van der Waals surface area contributed by atoms with Crippen LogP contribution in [0.3, 0.4) is 0 Å². The molecule has 0 bridgehead atoms. The minimum Gasteiger partial charge on any atom is -0.368 e. The van der Waals surface area contributed by atoms with Gasteiger partial charge in [0.25, 0.3) is 0 Å². The zero-order valence-electron chi connectivity index (χ0n) is 12.7. The lowest BCUT2D eigenvalue weighted by Gasteiger charge is -2.34. The first kappa shape index (κ1) is 14.4. The van der Waals surface area contributed by atoms with Crippen LogP contribution in [-0.4, -0.2) is 41.7 Å². The second-order valence-corrected chi connectivity index (χ2v) is 7.28. The predicted molar refractivity (Wildman–Crippen MR) is 82.1 cm³/mol. The number of morpholine rings is 1. The van der Waals surface area contributed by atoms with Crippen LogP contribution in [0.5, 0.6) is 0 Å². The lowest BCUT2D eigenvalue weighted by atomic mass is 10.2. The molecule has 3 rings (SSSR count). The molecule has 0 radical (unpaired) electrons. The van der Waals surface area contributed by atoms with Gasteiger partial charge in [0, 0.05) is 36.6 Å². The third-order valence-electron chi connectivity index (χ3n) is 4.14. The average molecular weight is 295 g/mol. The normalized spacial score (nSPS) is 24.5. The predicted octanol–water partition coefficient (Wildman–Crippen LogP) is 2.49. The Hall–Kier alpha value is -0.490. The molecule has 0 aromatic carbocycles. The maximum atomic E-state index is 5.94. The molecule has 2 fully saturated rings. The van der Waals surface area contributed by atoms with E-state index in [4.69, 9.17) is 9.72 Å². The molecule has 1 aliphatic carbocycles. The molecule has 1 N–H and O–H groups in total. The van der Waals surface area contributed by atoms with E-state index in [-0.39, 0.29) is 6.10 Å². The van der Waals surface area contributed by atoms with Crippen LogP contribution in [0.25, 0.3) is 0 Å². The van der Waals surface area contributed by atoms with E-state index in [0.717, 1.165) is 37.3 Å². The summed E-state index contributed by atoms with van der Waals surface area (Å²) in [6.45, 7) is 10.4. The Morgan fingerprint density at radius 2 is 2.25 bits per heavy atom. The summed E-state index contributed by atoms with van der Waals surface area (Å²) in [6.07, 6.45) is 2.82. The first-order valence-electron chi connectivity index (χ1n) is 7.68. The number of rotatable bonds is 5. The number of aromatic nitrogens is 1. The number of ether oxygens (including phenoxy) is 1. The Kier molecular flexibility index (Phi) is 4.40. The fourth-order valence-corrected chi connectivity index (χ4v) is 3.62. The largest absolute Gasteiger partial charge is 0.368 e. The third kappa shape index (κ3) is 3.39. The van der Waals surface area contributed by atoms with Crippen LogP contribution >= 0.6 is 11.3 Å². The first-order chi connectivity index (χ1) is 9.63. The molecule has 1 saturated carbocycles. The molecule has 2 aliphatic rings. The lowest BCUT2D eigenvalue weighted by Crippen LogP contribution is -2.42. The lowest BCUT2D eigenvalue weighted by molar-refractivity contribution is -0.0403. The summed E-state index contributed by atoms with van der Waals surface area (Å²) in [5.41, 5.74) is 1.17. The van der Waals surface area contributed by atoms with E-state index in [1.54, 1.807) is 0 Å². The molecule has 1 unspecified atom stereocenters. The molecular weight excluding hydrogens is 270 g/mol. The molecule has 1 aliphatic heterocycles. The molecular formula is C15H25N3OS. The van der Waals surface area contributed by atoms with Gasteiger partial charge in [-0.15, -0.1) is 11.3 Å². The third-order valence-corrected chi connectivity index (χ3v) is 5.39. The van der Waals surface area contributed by atoms with Gasteiger partial charge in [-0.05, 0) is 33.6 Å². The highest BCUT2D eigenvalue weighted by Gasteiger charge is 2.27. The van der Waals surface area contributed by atoms with Gasteiger partial charge < -0.3 is 10.1 Å². The van der Waals surface area contributed by atoms with Crippen molar-refractivity contribution in [1.82, 2.24) is 15.2 Å². The van der Waals surface area contributed by atoms with Crippen LogP contribution in [0.2, 0.25) is 0 Å². The molecule has 1 atom stereocenters. The number of hydrogen-bond acceptors (Lipinski definition) is 5. The maximum absolute atomic E-state index is 5.94. The first-order valence-corrected chi connectivity index (χ1v) is 8.50. The Labute approximate surface area is 125 Å². The highest BCUT2D eigenvalue weighted by Crippen LogP contribution is 2.30. The van der Waals surface area contributed by atoms with Crippen LogP contribution < -0.4 is 5.32 Å². The number of nitrogens with one attached hydrogen (secondary N) is 1. The average Bonchev–Trinajstić information content (AvgIpc) is 3.19. The molecule has 0 spiro atoms. The summed E-state index contributed by atoms with van der Waals surface area (Å²) >= 11 is 1.82. The summed E-state index contributed by atoms with van der Waals surface area (Å²) in [5, 5.41) is 4.73. The molecule has 1 aromatic rings. The van der Waals surface area contributed by atoms with Crippen molar-refractivity contribution in [3.8, 4) is 0 Å². The van der Waals surface area contributed by atoms with E-state index in [9.17, 15) is 0 Å². The van der Waals surface area contributed by atoms with Gasteiger partial charge in [0.1, 0.15) is 11.1 Å². The van der Waals surface area contributed by atoms with Gasteiger partial charge >= 0.3 is 0 Å². The van der Waals surface area contributed by atoms with E-state index in [1.165, 1.54) is 23.4 Å². The highest BCUT2D eigenvalue weighted by atomic mass is 32.1. The van der Waals surface area contributed by atoms with E-state index < -0.39 is 0 Å². The SMILES string of the molecule is Cc1nc(C2CN(C(C)C)CCO2)sc1CNC1CC1. The van der Waals surface area contributed by atoms with Crippen molar-refractivity contribution in [2.24, 2.45) is 0 Å². The van der Waals surface area contributed by atoms with E-state index in [2.05, 4.69) is 31.0 Å². The number of thiazole rings is 1. The number of hydrogen-bond donors (Lipinski definition) is 1. The van der Waals surface area contributed by atoms with Gasteiger partial charge in [-0.25, -0.2) is 4.98 Å². The van der Waals surface area contributed by atoms with Gasteiger partial charge in [-0.1, -0.05) is 0 Å². The molecule has 2 heterocycles. The van der Waals surface area contributed by atoms with Crippen molar-refractivity contribution in [3.05, 3.63) is 15.6 Å². The zero-order valence-corrected chi connectivity index (χ0v) is 13.5. The monoisotopic (exact) mass is 295 g/mol. The van der Waals surface area contributed by atoms with Crippen molar-refractivity contribution >= 4 is 11.3 Å². The van der Waals surface area contributed by atoms with Crippen molar-refractivity contribution < 1.29 is 4.74 Å². The number of nitrogens with zero attached hydrogens (tertiary/aromatic N) is 2. The molecule has 20 heavy (non-hydrogen) atoms. The topological polar surface area (TPSA) is 37.4 Å². The van der Waals surface area contributed by atoms with E-state index in [0.29, 0.717) is 6.04 Å². The van der Waals surface area contributed by atoms with Crippen molar-refractivity contribution in [1.29, 1.82) is 0 Å². The van der Waals surface area contributed by atoms with Crippen LogP contribution in [0.15, 0.2) is 0 Å². The van der Waals surface area contributed by atoms with E-state index in [1.807, 2.05) is 11.3 Å². The van der Waals surface area contributed by atoms with Crippen LogP contribution in [-0.2, 0) is 11.3 Å². The van der Waals surface area contributed by atoms with Crippen molar-refractivity contribution in [2.75, 3.05) is 19.7 Å². The van der Waals surface area contributed by atoms with Crippen molar-refractivity contribution in [2.45, 2.75) is 58.3 Å². The quantitative estimate of drug-likeness (QED) is 0.905. The Morgan fingerprint density at radius 1 is 1.45 bits per heavy atom. The van der Waals surface area contributed by atoms with Crippen LogP contribution in [0.1, 0.15) is 48.4 Å². The van der Waals surface area contributed by atoms with Crippen LogP contribution in [0.4, 0.5) is 0 Å². The second-order valence-electron chi connectivity index (χ2n) is 6.16. The highest BCUT2D eigenvalue weighted by molar-refractivity contribution is 7.11. The minimum absolute atomic E-state index is 0.157. The molecule has 5 heteroatoms. The van der Waals surface area contributed by atoms with Crippen LogP contribution in [0, 0.1) is 6.92 Å².